The number of phenolic OH excluding ortho intramolecular Hbond substituents is 2. The normalized spacial score (nSPS) is 26.1. The minimum atomic E-state index is -1.74. The van der Waals surface area contributed by atoms with Crippen LogP contribution < -0.4 is 10.2 Å². The molecule has 0 aliphatic carbocycles. The van der Waals surface area contributed by atoms with Crippen molar-refractivity contribution in [3.05, 3.63) is 52.7 Å². The van der Waals surface area contributed by atoms with Gasteiger partial charge in [-0.05, 0) is 36.4 Å². The van der Waals surface area contributed by atoms with E-state index in [-0.39, 0.29) is 34.0 Å². The number of benzene rings is 2. The Kier molecular flexibility index (Phi) is 5.56. The van der Waals surface area contributed by atoms with E-state index >= 15 is 0 Å². The van der Waals surface area contributed by atoms with Gasteiger partial charge in [-0.25, -0.2) is 0 Å². The first-order chi connectivity index (χ1) is 14.8. The first kappa shape index (κ1) is 21.1. The maximum Gasteiger partial charge on any atom is 0.235 e. The summed E-state index contributed by atoms with van der Waals surface area (Å²) in [6.07, 6.45) is -7.86. The van der Waals surface area contributed by atoms with Crippen LogP contribution >= 0.6 is 0 Å². The van der Waals surface area contributed by atoms with E-state index in [2.05, 4.69) is 0 Å². The summed E-state index contributed by atoms with van der Waals surface area (Å²) in [4.78, 5) is 13.2. The van der Waals surface area contributed by atoms with Crippen LogP contribution in [0.1, 0.15) is 0 Å². The summed E-state index contributed by atoms with van der Waals surface area (Å²) in [5.74, 6) is -0.607. The number of hydrogen-bond acceptors (Lipinski definition) is 10. The third kappa shape index (κ3) is 3.82. The minimum absolute atomic E-state index is 0.0269. The highest BCUT2D eigenvalue weighted by Crippen LogP contribution is 2.34. The van der Waals surface area contributed by atoms with Crippen LogP contribution in [0, 0.1) is 0 Å². The number of aromatic hydroxyl groups is 2. The van der Waals surface area contributed by atoms with Gasteiger partial charge in [0.25, 0.3) is 0 Å². The van der Waals surface area contributed by atoms with Crippen LogP contribution in [0.2, 0.25) is 0 Å². The monoisotopic (exact) mass is 432 g/mol. The van der Waals surface area contributed by atoms with Crippen molar-refractivity contribution in [3.63, 3.8) is 0 Å². The Morgan fingerprint density at radius 3 is 2.26 bits per heavy atom. The second kappa shape index (κ2) is 8.17. The van der Waals surface area contributed by atoms with Crippen LogP contribution in [0.5, 0.6) is 17.2 Å². The average Bonchev–Trinajstić information content (AvgIpc) is 2.76. The molecule has 0 radical (unpaired) electrons. The highest BCUT2D eigenvalue weighted by Gasteiger charge is 2.45. The van der Waals surface area contributed by atoms with E-state index in [1.807, 2.05) is 0 Å². The van der Waals surface area contributed by atoms with Crippen molar-refractivity contribution in [1.82, 2.24) is 0 Å². The van der Waals surface area contributed by atoms with E-state index in [0.717, 1.165) is 0 Å². The molecule has 6 N–H and O–H groups in total. The molecule has 0 bridgehead atoms. The fourth-order valence-electron chi connectivity index (χ4n) is 3.36. The summed E-state index contributed by atoms with van der Waals surface area (Å²) in [5, 5.41) is 59.0. The molecule has 3 unspecified atom stereocenters. The molecule has 2 aromatic carbocycles. The van der Waals surface area contributed by atoms with Gasteiger partial charge >= 0.3 is 0 Å². The average molecular weight is 432 g/mol. The molecule has 5 atom stereocenters. The number of fused-ring (bicyclic) bond motifs is 1. The molecule has 0 spiro atoms. The lowest BCUT2D eigenvalue weighted by Gasteiger charge is -2.39. The zero-order valence-electron chi connectivity index (χ0n) is 16.0. The quantitative estimate of drug-likeness (QED) is 0.331. The van der Waals surface area contributed by atoms with Crippen LogP contribution in [0.3, 0.4) is 0 Å². The van der Waals surface area contributed by atoms with Crippen molar-refractivity contribution in [3.8, 4) is 28.6 Å². The molecule has 1 fully saturated rings. The van der Waals surface area contributed by atoms with E-state index in [4.69, 9.17) is 13.9 Å². The molecular formula is C21H20O10. The fraction of sp³-hybridized carbons (Fsp3) is 0.286. The highest BCUT2D eigenvalue weighted by atomic mass is 16.7. The first-order valence-corrected chi connectivity index (χ1v) is 9.36. The topological polar surface area (TPSA) is 170 Å². The fourth-order valence-corrected chi connectivity index (χ4v) is 3.36. The van der Waals surface area contributed by atoms with E-state index in [0.29, 0.717) is 5.56 Å². The van der Waals surface area contributed by atoms with Gasteiger partial charge in [0, 0.05) is 11.6 Å². The van der Waals surface area contributed by atoms with Gasteiger partial charge in [0.15, 0.2) is 5.76 Å². The van der Waals surface area contributed by atoms with Gasteiger partial charge in [0.2, 0.25) is 17.5 Å². The number of phenols is 2. The van der Waals surface area contributed by atoms with Crippen molar-refractivity contribution < 1.29 is 44.5 Å². The Bertz CT molecular complexity index is 1140. The molecule has 0 saturated carbocycles. The van der Waals surface area contributed by atoms with Crippen molar-refractivity contribution in [2.24, 2.45) is 0 Å². The lowest BCUT2D eigenvalue weighted by Crippen LogP contribution is -2.60. The van der Waals surface area contributed by atoms with E-state index in [1.54, 1.807) is 0 Å². The van der Waals surface area contributed by atoms with Crippen LogP contribution in [0.15, 0.2) is 51.7 Å². The van der Waals surface area contributed by atoms with Crippen LogP contribution in [0.25, 0.3) is 22.3 Å². The van der Waals surface area contributed by atoms with Gasteiger partial charge in [0.05, 0.1) is 12.0 Å². The maximum absolute atomic E-state index is 13.2. The molecule has 31 heavy (non-hydrogen) atoms. The Labute approximate surface area is 174 Å². The molecule has 1 aromatic heterocycles. The summed E-state index contributed by atoms with van der Waals surface area (Å²) in [5.41, 5.74) is -0.254. The molecule has 164 valence electrons. The van der Waals surface area contributed by atoms with Gasteiger partial charge < -0.3 is 44.5 Å². The lowest BCUT2D eigenvalue weighted by atomic mass is 9.99. The number of ether oxygens (including phenoxy) is 2. The highest BCUT2D eigenvalue weighted by molar-refractivity contribution is 5.83. The SMILES string of the molecule is O=c1c(O[C@@H]2OC(CO)[C@@H](O)C(O)C2O)c(-c2ccc(O)cc2)oc2cc(O)ccc12. The second-order valence-corrected chi connectivity index (χ2v) is 7.13. The molecule has 3 aromatic rings. The van der Waals surface area contributed by atoms with Crippen LogP contribution in [0.4, 0.5) is 0 Å². The van der Waals surface area contributed by atoms with Gasteiger partial charge in [-0.3, -0.25) is 4.79 Å². The van der Waals surface area contributed by atoms with Crippen LogP contribution in [-0.4, -0.2) is 68.0 Å². The molecule has 1 saturated heterocycles. The summed E-state index contributed by atoms with van der Waals surface area (Å²) in [6.45, 7) is -0.665. The molecule has 2 heterocycles. The summed E-state index contributed by atoms with van der Waals surface area (Å²) in [6, 6.07) is 9.51. The number of aliphatic hydroxyl groups excluding tert-OH is 4. The Hall–Kier alpha value is -3.15. The van der Waals surface area contributed by atoms with E-state index < -0.39 is 42.7 Å². The van der Waals surface area contributed by atoms with Crippen molar-refractivity contribution in [2.45, 2.75) is 30.7 Å². The zero-order valence-corrected chi connectivity index (χ0v) is 16.0. The van der Waals surface area contributed by atoms with Crippen molar-refractivity contribution in [1.29, 1.82) is 0 Å². The summed E-state index contributed by atoms with van der Waals surface area (Å²) in [7, 11) is 0. The minimum Gasteiger partial charge on any atom is -0.508 e. The van der Waals surface area contributed by atoms with Crippen molar-refractivity contribution in [2.75, 3.05) is 6.61 Å². The molecule has 1 aliphatic heterocycles. The maximum atomic E-state index is 13.2. The van der Waals surface area contributed by atoms with E-state index in [9.17, 15) is 35.4 Å². The Morgan fingerprint density at radius 1 is 0.903 bits per heavy atom. The standard InChI is InChI=1S/C21H20O10/c22-8-14-16(26)17(27)18(28)21(30-14)31-20-15(25)12-6-5-11(24)7-13(12)29-19(20)9-1-3-10(23)4-2-9/h1-7,14,16-18,21-24,26-28H,8H2/t14?,16-,17?,18?,21+/m1/s1. The van der Waals surface area contributed by atoms with E-state index in [1.165, 1.54) is 42.5 Å². The lowest BCUT2D eigenvalue weighted by molar-refractivity contribution is -0.277. The van der Waals surface area contributed by atoms with Gasteiger partial charge in [0.1, 0.15) is 41.5 Å². The Morgan fingerprint density at radius 2 is 1.58 bits per heavy atom. The number of hydrogen-bond donors (Lipinski definition) is 6. The third-order valence-corrected chi connectivity index (χ3v) is 5.05. The van der Waals surface area contributed by atoms with Gasteiger partial charge in [-0.2, -0.15) is 0 Å². The predicted molar refractivity (Wildman–Crippen MR) is 106 cm³/mol. The second-order valence-electron chi connectivity index (χ2n) is 7.13. The zero-order chi connectivity index (χ0) is 22.3. The Balaban J connectivity index is 1.85. The molecule has 0 amide bonds. The largest absolute Gasteiger partial charge is 0.508 e. The third-order valence-electron chi connectivity index (χ3n) is 5.05. The molecular weight excluding hydrogens is 412 g/mol. The molecule has 1 aliphatic rings. The molecule has 10 heteroatoms. The summed E-state index contributed by atoms with van der Waals surface area (Å²) < 4.78 is 16.7. The number of rotatable bonds is 4. The first-order valence-electron chi connectivity index (χ1n) is 9.36. The molecule has 4 rings (SSSR count). The molecule has 10 nitrogen and oxygen atoms in total. The summed E-state index contributed by atoms with van der Waals surface area (Å²) >= 11 is 0. The predicted octanol–water partition coefficient (Wildman–Crippen LogP) is 0.0499. The van der Waals surface area contributed by atoms with Crippen molar-refractivity contribution >= 4 is 11.0 Å². The van der Waals surface area contributed by atoms with Gasteiger partial charge in [-0.1, -0.05) is 0 Å². The smallest absolute Gasteiger partial charge is 0.235 e. The number of aliphatic hydroxyl groups is 4. The van der Waals surface area contributed by atoms with Crippen LogP contribution in [-0.2, 0) is 4.74 Å². The van der Waals surface area contributed by atoms with Gasteiger partial charge in [-0.15, -0.1) is 0 Å².